The zero-order valence-corrected chi connectivity index (χ0v) is 9.52. The average molecular weight is 186 g/mol. The number of hydrogen-bond acceptors (Lipinski definition) is 2. The Bertz CT molecular complexity index is 156. The van der Waals surface area contributed by atoms with Gasteiger partial charge in [-0.05, 0) is 25.7 Å². The van der Waals surface area contributed by atoms with Gasteiger partial charge in [-0.1, -0.05) is 20.8 Å². The molecule has 2 nitrogen and oxygen atoms in total. The Hall–Kier alpha value is -0.370. The molecule has 0 saturated carbocycles. The Morgan fingerprint density at radius 2 is 1.92 bits per heavy atom. The normalized spacial score (nSPS) is 14.2. The predicted molar refractivity (Wildman–Crippen MR) is 54.8 cm³/mol. The highest BCUT2D eigenvalue weighted by Gasteiger charge is 2.11. The fourth-order valence-corrected chi connectivity index (χ4v) is 1.03. The summed E-state index contributed by atoms with van der Waals surface area (Å²) in [6.07, 6.45) is 1.64. The summed E-state index contributed by atoms with van der Waals surface area (Å²) in [7, 11) is 0. The van der Waals surface area contributed by atoms with Crippen molar-refractivity contribution in [3.8, 4) is 0 Å². The molecule has 1 atom stereocenters. The van der Waals surface area contributed by atoms with Crippen LogP contribution >= 0.6 is 0 Å². The molecule has 1 unspecified atom stereocenters. The van der Waals surface area contributed by atoms with Gasteiger partial charge in [0.25, 0.3) is 0 Å². The summed E-state index contributed by atoms with van der Waals surface area (Å²) >= 11 is 0. The van der Waals surface area contributed by atoms with E-state index in [9.17, 15) is 4.79 Å². The zero-order chi connectivity index (χ0) is 10.5. The van der Waals surface area contributed by atoms with Gasteiger partial charge >= 0.3 is 0 Å². The van der Waals surface area contributed by atoms with Crippen molar-refractivity contribution in [2.75, 3.05) is 6.61 Å². The van der Waals surface area contributed by atoms with E-state index >= 15 is 0 Å². The van der Waals surface area contributed by atoms with Crippen LogP contribution in [-0.2, 0) is 9.53 Å². The molecular weight excluding hydrogens is 164 g/mol. The highest BCUT2D eigenvalue weighted by molar-refractivity contribution is 5.75. The summed E-state index contributed by atoms with van der Waals surface area (Å²) < 4.78 is 5.51. The Kier molecular flexibility index (Phi) is 5.23. The molecule has 0 N–H and O–H groups in total. The molecule has 0 aliphatic rings. The quantitative estimate of drug-likeness (QED) is 0.660. The summed E-state index contributed by atoms with van der Waals surface area (Å²) in [5.74, 6) is 0.197. The molecular formula is C11H22O2. The third-order valence-corrected chi connectivity index (χ3v) is 1.83. The van der Waals surface area contributed by atoms with Gasteiger partial charge in [0.15, 0.2) is 0 Å². The van der Waals surface area contributed by atoms with Gasteiger partial charge in [-0.2, -0.15) is 0 Å². The number of ketones is 1. The lowest BCUT2D eigenvalue weighted by atomic mass is 9.93. The Morgan fingerprint density at radius 1 is 1.38 bits per heavy atom. The first kappa shape index (κ1) is 12.6. The van der Waals surface area contributed by atoms with E-state index in [1.807, 2.05) is 6.92 Å². The number of carbonyl (C=O) groups excluding carboxylic acids is 1. The molecule has 78 valence electrons. The number of hydrogen-bond donors (Lipinski definition) is 0. The minimum absolute atomic E-state index is 0.0693. The third-order valence-electron chi connectivity index (χ3n) is 1.83. The van der Waals surface area contributed by atoms with E-state index in [4.69, 9.17) is 4.74 Å². The van der Waals surface area contributed by atoms with Crippen LogP contribution in [0.2, 0.25) is 0 Å². The lowest BCUT2D eigenvalue weighted by Crippen LogP contribution is -2.16. The van der Waals surface area contributed by atoms with E-state index in [0.717, 1.165) is 13.0 Å². The van der Waals surface area contributed by atoms with Crippen molar-refractivity contribution in [2.45, 2.75) is 53.6 Å². The molecule has 0 radical (unpaired) electrons. The van der Waals surface area contributed by atoms with Crippen molar-refractivity contribution in [3.05, 3.63) is 0 Å². The molecule has 0 bridgehead atoms. The van der Waals surface area contributed by atoms with E-state index in [1.54, 1.807) is 6.92 Å². The highest BCUT2D eigenvalue weighted by Crippen LogP contribution is 2.18. The van der Waals surface area contributed by atoms with Gasteiger partial charge in [-0.15, -0.1) is 0 Å². The number of ether oxygens (including phenoxy) is 1. The van der Waals surface area contributed by atoms with E-state index in [0.29, 0.717) is 11.8 Å². The monoisotopic (exact) mass is 186 g/mol. The van der Waals surface area contributed by atoms with Crippen LogP contribution in [0.4, 0.5) is 0 Å². The van der Waals surface area contributed by atoms with Crippen LogP contribution in [0.25, 0.3) is 0 Å². The van der Waals surface area contributed by atoms with Crippen molar-refractivity contribution in [2.24, 2.45) is 5.41 Å². The maximum absolute atomic E-state index is 10.7. The number of carbonyl (C=O) groups is 1. The molecule has 0 rings (SSSR count). The van der Waals surface area contributed by atoms with Crippen molar-refractivity contribution < 1.29 is 9.53 Å². The summed E-state index contributed by atoms with van der Waals surface area (Å²) in [6, 6.07) is 0. The standard InChI is InChI=1S/C11H22O2/c1-9(12)8-10(2)13-7-6-11(3,4)5/h10H,6-8H2,1-5H3. The first-order valence-corrected chi connectivity index (χ1v) is 4.92. The van der Waals surface area contributed by atoms with Gasteiger partial charge in [0, 0.05) is 13.0 Å². The molecule has 0 amide bonds. The molecule has 0 saturated heterocycles. The molecule has 0 aliphatic carbocycles. The molecule has 0 spiro atoms. The van der Waals surface area contributed by atoms with Crippen LogP contribution in [0.1, 0.15) is 47.5 Å². The van der Waals surface area contributed by atoms with Gasteiger partial charge in [0.2, 0.25) is 0 Å². The average Bonchev–Trinajstić information content (AvgIpc) is 1.81. The third kappa shape index (κ3) is 9.54. The number of rotatable bonds is 5. The van der Waals surface area contributed by atoms with Crippen LogP contribution in [0.15, 0.2) is 0 Å². The minimum atomic E-state index is 0.0693. The van der Waals surface area contributed by atoms with E-state index < -0.39 is 0 Å². The van der Waals surface area contributed by atoms with Crippen molar-refractivity contribution in [3.63, 3.8) is 0 Å². The molecule has 13 heavy (non-hydrogen) atoms. The second kappa shape index (κ2) is 5.38. The molecule has 0 heterocycles. The topological polar surface area (TPSA) is 26.3 Å². The van der Waals surface area contributed by atoms with Gasteiger partial charge in [-0.25, -0.2) is 0 Å². The smallest absolute Gasteiger partial charge is 0.132 e. The second-order valence-corrected chi connectivity index (χ2v) is 4.90. The summed E-state index contributed by atoms with van der Waals surface area (Å²) in [5, 5.41) is 0. The van der Waals surface area contributed by atoms with Crippen LogP contribution in [-0.4, -0.2) is 18.5 Å². The molecule has 0 aliphatic heterocycles. The predicted octanol–water partition coefficient (Wildman–Crippen LogP) is 2.81. The maximum Gasteiger partial charge on any atom is 0.132 e. The SMILES string of the molecule is CC(=O)CC(C)OCCC(C)(C)C. The highest BCUT2D eigenvalue weighted by atomic mass is 16.5. The Morgan fingerprint density at radius 3 is 2.31 bits per heavy atom. The van der Waals surface area contributed by atoms with Gasteiger partial charge in [0.1, 0.15) is 5.78 Å². The molecule has 0 aromatic heterocycles. The second-order valence-electron chi connectivity index (χ2n) is 4.90. The summed E-state index contributed by atoms with van der Waals surface area (Å²) in [5.41, 5.74) is 0.315. The summed E-state index contributed by atoms with van der Waals surface area (Å²) in [6.45, 7) is 10.9. The van der Waals surface area contributed by atoms with Gasteiger partial charge in [0.05, 0.1) is 6.10 Å². The van der Waals surface area contributed by atoms with E-state index in [-0.39, 0.29) is 11.9 Å². The Balaban J connectivity index is 3.48. The molecule has 0 aromatic carbocycles. The largest absolute Gasteiger partial charge is 0.378 e. The van der Waals surface area contributed by atoms with Crippen LogP contribution in [0.3, 0.4) is 0 Å². The maximum atomic E-state index is 10.7. The Labute approximate surface area is 81.7 Å². The molecule has 0 aromatic rings. The van der Waals surface area contributed by atoms with Crippen molar-refractivity contribution in [1.29, 1.82) is 0 Å². The lowest BCUT2D eigenvalue weighted by Gasteiger charge is -2.19. The lowest BCUT2D eigenvalue weighted by molar-refractivity contribution is -0.119. The first-order valence-electron chi connectivity index (χ1n) is 4.92. The van der Waals surface area contributed by atoms with Crippen molar-refractivity contribution in [1.82, 2.24) is 0 Å². The van der Waals surface area contributed by atoms with Gasteiger partial charge in [-0.3, -0.25) is 4.79 Å². The first-order chi connectivity index (χ1) is 5.81. The fraction of sp³-hybridized carbons (Fsp3) is 0.909. The van der Waals surface area contributed by atoms with Crippen LogP contribution < -0.4 is 0 Å². The minimum Gasteiger partial charge on any atom is -0.378 e. The summed E-state index contributed by atoms with van der Waals surface area (Å²) in [4.78, 5) is 10.7. The molecule has 2 heteroatoms. The van der Waals surface area contributed by atoms with Gasteiger partial charge < -0.3 is 4.74 Å². The van der Waals surface area contributed by atoms with E-state index in [1.165, 1.54) is 0 Å². The zero-order valence-electron chi connectivity index (χ0n) is 9.52. The van der Waals surface area contributed by atoms with Crippen LogP contribution in [0.5, 0.6) is 0 Å². The van der Waals surface area contributed by atoms with E-state index in [2.05, 4.69) is 20.8 Å². The molecule has 0 fully saturated rings. The fourth-order valence-electron chi connectivity index (χ4n) is 1.03. The van der Waals surface area contributed by atoms with Crippen molar-refractivity contribution >= 4 is 5.78 Å². The number of Topliss-reactive ketones (excluding diaryl/α,β-unsaturated/α-hetero) is 1. The van der Waals surface area contributed by atoms with Crippen LogP contribution in [0, 0.1) is 5.41 Å².